The van der Waals surface area contributed by atoms with Gasteiger partial charge in [0.15, 0.2) is 17.8 Å². The van der Waals surface area contributed by atoms with Crippen molar-refractivity contribution in [3.63, 3.8) is 0 Å². The van der Waals surface area contributed by atoms with Gasteiger partial charge in [-0.3, -0.25) is 4.79 Å². The first-order chi connectivity index (χ1) is 11.1. The molecule has 7 heteroatoms. The molecule has 0 fully saturated rings. The second kappa shape index (κ2) is 5.85. The van der Waals surface area contributed by atoms with Crippen LogP contribution in [0.2, 0.25) is 0 Å². The average molecular weight is 306 g/mol. The van der Waals surface area contributed by atoms with Crippen LogP contribution in [0.15, 0.2) is 30.7 Å². The van der Waals surface area contributed by atoms with Crippen LogP contribution in [-0.4, -0.2) is 32.1 Å². The lowest BCUT2D eigenvalue weighted by atomic mass is 10.2. The van der Waals surface area contributed by atoms with Gasteiger partial charge in [-0.2, -0.15) is 15.0 Å². The van der Waals surface area contributed by atoms with Crippen molar-refractivity contribution in [1.82, 2.24) is 19.7 Å². The highest BCUT2D eigenvalue weighted by molar-refractivity contribution is 5.84. The van der Waals surface area contributed by atoms with E-state index in [4.69, 9.17) is 5.26 Å². The molecule has 3 rings (SSSR count). The molecule has 0 atom stereocenters. The molecule has 0 saturated heterocycles. The summed E-state index contributed by atoms with van der Waals surface area (Å²) in [6, 6.07) is 5.71. The van der Waals surface area contributed by atoms with Crippen molar-refractivity contribution < 1.29 is 4.79 Å². The molecular formula is C16H14N6O. The molecule has 0 spiro atoms. The minimum atomic E-state index is 0.176. The van der Waals surface area contributed by atoms with Crippen molar-refractivity contribution in [1.29, 1.82) is 5.26 Å². The summed E-state index contributed by atoms with van der Waals surface area (Å²) in [6.07, 6.45) is 5.39. The van der Waals surface area contributed by atoms with Crippen molar-refractivity contribution in [3.05, 3.63) is 41.9 Å². The van der Waals surface area contributed by atoms with Gasteiger partial charge in [0.1, 0.15) is 6.07 Å². The lowest BCUT2D eigenvalue weighted by Crippen LogP contribution is -2.13. The number of nitrogens with zero attached hydrogens (tertiary/aromatic N) is 5. The fourth-order valence-corrected chi connectivity index (χ4v) is 2.25. The van der Waals surface area contributed by atoms with Crippen molar-refractivity contribution in [3.8, 4) is 11.9 Å². The molecule has 23 heavy (non-hydrogen) atoms. The van der Waals surface area contributed by atoms with Crippen LogP contribution in [0.25, 0.3) is 16.9 Å². The first-order valence-corrected chi connectivity index (χ1v) is 7.08. The zero-order valence-corrected chi connectivity index (χ0v) is 12.7. The summed E-state index contributed by atoms with van der Waals surface area (Å²) < 4.78 is 1.58. The van der Waals surface area contributed by atoms with Crippen LogP contribution in [0.1, 0.15) is 29.8 Å². The average Bonchev–Trinajstić information content (AvgIpc) is 2.97. The van der Waals surface area contributed by atoms with Crippen molar-refractivity contribution in [2.45, 2.75) is 19.9 Å². The summed E-state index contributed by atoms with van der Waals surface area (Å²) in [7, 11) is 0. The van der Waals surface area contributed by atoms with Crippen LogP contribution >= 0.6 is 0 Å². The van der Waals surface area contributed by atoms with Crippen LogP contribution < -0.4 is 5.32 Å². The summed E-state index contributed by atoms with van der Waals surface area (Å²) in [4.78, 5) is 19.7. The van der Waals surface area contributed by atoms with Crippen LogP contribution in [0.3, 0.4) is 0 Å². The number of carbonyl (C=O) groups excluding carboxylic acids is 1. The van der Waals surface area contributed by atoms with Gasteiger partial charge >= 0.3 is 0 Å². The van der Waals surface area contributed by atoms with Gasteiger partial charge in [0, 0.05) is 29.9 Å². The van der Waals surface area contributed by atoms with Crippen molar-refractivity contribution >= 4 is 23.0 Å². The standard InChI is InChI=1S/C16H14N6O/c1-10(2)21-14-4-15(18-7-13(14)9-23)22-16-12(8-20-22)3-11(5-17)6-19-16/h3-4,6-10H,1-2H3,(H,18,21). The fourth-order valence-electron chi connectivity index (χ4n) is 2.25. The van der Waals surface area contributed by atoms with E-state index in [1.54, 1.807) is 23.0 Å². The molecule has 3 aromatic heterocycles. The van der Waals surface area contributed by atoms with Gasteiger partial charge in [-0.1, -0.05) is 0 Å². The van der Waals surface area contributed by atoms with Gasteiger partial charge in [-0.25, -0.2) is 9.97 Å². The SMILES string of the molecule is CC(C)Nc1cc(-n2ncc3cc(C#N)cnc32)ncc1C=O. The second-order valence-electron chi connectivity index (χ2n) is 5.35. The maximum absolute atomic E-state index is 11.1. The maximum atomic E-state index is 11.1. The second-order valence-corrected chi connectivity index (χ2v) is 5.35. The van der Waals surface area contributed by atoms with Gasteiger partial charge in [0.25, 0.3) is 0 Å². The molecular weight excluding hydrogens is 292 g/mol. The minimum Gasteiger partial charge on any atom is -0.382 e. The van der Waals surface area contributed by atoms with E-state index >= 15 is 0 Å². The smallest absolute Gasteiger partial charge is 0.164 e. The summed E-state index contributed by atoms with van der Waals surface area (Å²) in [5.41, 5.74) is 2.25. The monoisotopic (exact) mass is 306 g/mol. The number of rotatable bonds is 4. The molecule has 7 nitrogen and oxygen atoms in total. The molecule has 0 aromatic carbocycles. The Bertz CT molecular complexity index is 922. The van der Waals surface area contributed by atoms with Gasteiger partial charge in [-0.05, 0) is 19.9 Å². The Balaban J connectivity index is 2.11. The Morgan fingerprint density at radius 1 is 1.26 bits per heavy atom. The summed E-state index contributed by atoms with van der Waals surface area (Å²) in [6.45, 7) is 3.98. The Morgan fingerprint density at radius 2 is 2.09 bits per heavy atom. The van der Waals surface area contributed by atoms with E-state index in [1.807, 2.05) is 19.9 Å². The van der Waals surface area contributed by atoms with Gasteiger partial charge in [-0.15, -0.1) is 0 Å². The molecule has 0 aliphatic heterocycles. The normalized spacial score (nSPS) is 10.7. The summed E-state index contributed by atoms with van der Waals surface area (Å²) >= 11 is 0. The van der Waals surface area contributed by atoms with E-state index in [0.717, 1.165) is 11.7 Å². The fraction of sp³-hybridized carbons (Fsp3) is 0.188. The largest absolute Gasteiger partial charge is 0.382 e. The van der Waals surface area contributed by atoms with E-state index in [9.17, 15) is 4.79 Å². The van der Waals surface area contributed by atoms with E-state index < -0.39 is 0 Å². The molecule has 0 radical (unpaired) electrons. The first kappa shape index (κ1) is 14.7. The molecule has 0 unspecified atom stereocenters. The number of nitrogens with one attached hydrogen (secondary N) is 1. The number of anilines is 1. The van der Waals surface area contributed by atoms with Crippen molar-refractivity contribution in [2.24, 2.45) is 0 Å². The van der Waals surface area contributed by atoms with Crippen LogP contribution in [-0.2, 0) is 0 Å². The Kier molecular flexibility index (Phi) is 3.73. The molecule has 1 N–H and O–H groups in total. The highest BCUT2D eigenvalue weighted by Crippen LogP contribution is 2.21. The molecule has 3 heterocycles. The number of aromatic nitrogens is 4. The maximum Gasteiger partial charge on any atom is 0.164 e. The zero-order chi connectivity index (χ0) is 16.4. The predicted octanol–water partition coefficient (Wildman–Crippen LogP) is 2.32. The molecule has 0 aliphatic carbocycles. The Morgan fingerprint density at radius 3 is 2.78 bits per heavy atom. The molecule has 0 bridgehead atoms. The number of aldehydes is 1. The number of pyridine rings is 2. The van der Waals surface area contributed by atoms with E-state index in [1.165, 1.54) is 12.4 Å². The number of hydrogen-bond acceptors (Lipinski definition) is 6. The number of hydrogen-bond donors (Lipinski definition) is 1. The minimum absolute atomic E-state index is 0.176. The van der Waals surface area contributed by atoms with Gasteiger partial charge < -0.3 is 5.32 Å². The van der Waals surface area contributed by atoms with E-state index in [0.29, 0.717) is 28.3 Å². The molecule has 0 amide bonds. The van der Waals surface area contributed by atoms with E-state index in [-0.39, 0.29) is 6.04 Å². The Labute approximate surface area is 132 Å². The van der Waals surface area contributed by atoms with Gasteiger partial charge in [0.05, 0.1) is 23.0 Å². The molecule has 0 aliphatic rings. The van der Waals surface area contributed by atoms with Crippen LogP contribution in [0.4, 0.5) is 5.69 Å². The quantitative estimate of drug-likeness (QED) is 0.743. The Hall–Kier alpha value is -3.27. The molecule has 0 saturated carbocycles. The number of fused-ring (bicyclic) bond motifs is 1. The highest BCUT2D eigenvalue weighted by atomic mass is 16.1. The first-order valence-electron chi connectivity index (χ1n) is 7.08. The zero-order valence-electron chi connectivity index (χ0n) is 12.7. The summed E-state index contributed by atoms with van der Waals surface area (Å²) in [5.74, 6) is 0.547. The number of carbonyl (C=O) groups is 1. The third-order valence-electron chi connectivity index (χ3n) is 3.25. The topological polar surface area (TPSA) is 96.5 Å². The summed E-state index contributed by atoms with van der Waals surface area (Å²) in [5, 5.41) is 17.2. The van der Waals surface area contributed by atoms with Crippen molar-refractivity contribution in [2.75, 3.05) is 5.32 Å². The highest BCUT2D eigenvalue weighted by Gasteiger charge is 2.11. The molecule has 114 valence electrons. The third-order valence-corrected chi connectivity index (χ3v) is 3.25. The van der Waals surface area contributed by atoms with Crippen LogP contribution in [0.5, 0.6) is 0 Å². The van der Waals surface area contributed by atoms with E-state index in [2.05, 4.69) is 20.4 Å². The predicted molar refractivity (Wildman–Crippen MR) is 85.5 cm³/mol. The lowest BCUT2D eigenvalue weighted by molar-refractivity contribution is 0.112. The van der Waals surface area contributed by atoms with Crippen LogP contribution in [0, 0.1) is 11.3 Å². The molecule has 3 aromatic rings. The number of nitriles is 1. The third kappa shape index (κ3) is 2.74. The van der Waals surface area contributed by atoms with Gasteiger partial charge in [0.2, 0.25) is 0 Å². The lowest BCUT2D eigenvalue weighted by Gasteiger charge is -2.13.